The third kappa shape index (κ3) is 1.15. The highest BCUT2D eigenvalue weighted by atomic mass is 127. The first-order chi connectivity index (χ1) is 5.68. The summed E-state index contributed by atoms with van der Waals surface area (Å²) in [6.07, 6.45) is 0. The third-order valence-corrected chi connectivity index (χ3v) is 3.44. The van der Waals surface area contributed by atoms with Gasteiger partial charge in [-0.15, -0.1) is 11.3 Å². The molecule has 0 radical (unpaired) electrons. The Morgan fingerprint density at radius 2 is 2.17 bits per heavy atom. The van der Waals surface area contributed by atoms with Gasteiger partial charge in [0.25, 0.3) is 0 Å². The normalized spacial score (nSPS) is 10.8. The Morgan fingerprint density at radius 3 is 2.92 bits per heavy atom. The molecule has 1 aromatic heterocycles. The van der Waals surface area contributed by atoms with Gasteiger partial charge in [-0.3, -0.25) is 0 Å². The molecule has 0 aliphatic heterocycles. The van der Waals surface area contributed by atoms with Crippen LogP contribution in [0.15, 0.2) is 18.2 Å². The van der Waals surface area contributed by atoms with Crippen molar-refractivity contribution in [3.05, 3.63) is 21.8 Å². The van der Waals surface area contributed by atoms with E-state index in [-0.39, 0.29) is 0 Å². The number of thiophene rings is 1. The second kappa shape index (κ2) is 2.77. The fourth-order valence-corrected chi connectivity index (χ4v) is 2.39. The second-order valence-electron chi connectivity index (χ2n) is 2.46. The van der Waals surface area contributed by atoms with Gasteiger partial charge in [0.1, 0.15) is 5.75 Å². The molecule has 0 spiro atoms. The maximum absolute atomic E-state index is 9.62. The van der Waals surface area contributed by atoms with Crippen molar-refractivity contribution in [2.45, 2.75) is 0 Å². The average molecular weight is 291 g/mol. The van der Waals surface area contributed by atoms with Gasteiger partial charge in [-0.25, -0.2) is 0 Å². The van der Waals surface area contributed by atoms with Gasteiger partial charge in [-0.2, -0.15) is 0 Å². The minimum Gasteiger partial charge on any atom is -0.506 e. The van der Waals surface area contributed by atoms with Crippen molar-refractivity contribution in [3.63, 3.8) is 0 Å². The Hall–Kier alpha value is -0.490. The number of benzene rings is 1. The number of anilines is 1. The van der Waals surface area contributed by atoms with Gasteiger partial charge in [-0.1, -0.05) is 0 Å². The molecular weight excluding hydrogens is 285 g/mol. The molecule has 12 heavy (non-hydrogen) atoms. The van der Waals surface area contributed by atoms with Crippen LogP contribution in [0.4, 0.5) is 5.00 Å². The van der Waals surface area contributed by atoms with Crippen molar-refractivity contribution < 1.29 is 5.11 Å². The molecule has 0 saturated carbocycles. The fourth-order valence-electron chi connectivity index (χ4n) is 1.09. The van der Waals surface area contributed by atoms with Gasteiger partial charge >= 0.3 is 0 Å². The van der Waals surface area contributed by atoms with Crippen LogP contribution in [-0.2, 0) is 0 Å². The molecular formula is C8H6INOS. The van der Waals surface area contributed by atoms with E-state index in [1.54, 1.807) is 6.07 Å². The zero-order valence-electron chi connectivity index (χ0n) is 6.04. The number of rotatable bonds is 0. The van der Waals surface area contributed by atoms with Crippen molar-refractivity contribution in [1.82, 2.24) is 0 Å². The van der Waals surface area contributed by atoms with Gasteiger partial charge in [0, 0.05) is 10.1 Å². The minimum absolute atomic E-state index is 0.334. The maximum Gasteiger partial charge on any atom is 0.137 e. The quantitative estimate of drug-likeness (QED) is 0.733. The van der Waals surface area contributed by atoms with Gasteiger partial charge < -0.3 is 10.8 Å². The molecule has 0 amide bonds. The maximum atomic E-state index is 9.62. The SMILES string of the molecule is Nc1cc2c(O)c(I)ccc2s1. The number of aromatic hydroxyl groups is 1. The lowest BCUT2D eigenvalue weighted by atomic mass is 10.2. The molecule has 2 aromatic rings. The second-order valence-corrected chi connectivity index (χ2v) is 4.73. The van der Waals surface area contributed by atoms with E-state index in [2.05, 4.69) is 22.6 Å². The van der Waals surface area contributed by atoms with Crippen molar-refractivity contribution >= 4 is 49.0 Å². The van der Waals surface area contributed by atoms with E-state index in [1.165, 1.54) is 11.3 Å². The summed E-state index contributed by atoms with van der Waals surface area (Å²) in [6.45, 7) is 0. The Bertz CT molecular complexity index is 438. The van der Waals surface area contributed by atoms with Crippen molar-refractivity contribution in [1.29, 1.82) is 0 Å². The van der Waals surface area contributed by atoms with E-state index in [0.29, 0.717) is 5.75 Å². The molecule has 2 nitrogen and oxygen atoms in total. The average Bonchev–Trinajstić information content (AvgIpc) is 2.39. The van der Waals surface area contributed by atoms with Crippen LogP contribution >= 0.6 is 33.9 Å². The predicted octanol–water partition coefficient (Wildman–Crippen LogP) is 2.79. The van der Waals surface area contributed by atoms with E-state index < -0.39 is 0 Å². The molecule has 0 aliphatic carbocycles. The van der Waals surface area contributed by atoms with E-state index >= 15 is 0 Å². The zero-order chi connectivity index (χ0) is 8.72. The first-order valence-corrected chi connectivity index (χ1v) is 5.24. The number of phenolic OH excluding ortho intramolecular Hbond substituents is 1. The van der Waals surface area contributed by atoms with Crippen LogP contribution in [0.1, 0.15) is 0 Å². The molecule has 0 fully saturated rings. The van der Waals surface area contributed by atoms with E-state index in [4.69, 9.17) is 5.73 Å². The van der Waals surface area contributed by atoms with Gasteiger partial charge in [0.15, 0.2) is 0 Å². The number of hydrogen-bond donors (Lipinski definition) is 2. The number of nitrogen functional groups attached to an aromatic ring is 1. The summed E-state index contributed by atoms with van der Waals surface area (Å²) in [5, 5.41) is 11.2. The summed E-state index contributed by atoms with van der Waals surface area (Å²) in [5.41, 5.74) is 5.61. The molecule has 0 saturated heterocycles. The monoisotopic (exact) mass is 291 g/mol. The highest BCUT2D eigenvalue weighted by molar-refractivity contribution is 14.1. The van der Waals surface area contributed by atoms with Crippen LogP contribution in [-0.4, -0.2) is 5.11 Å². The lowest BCUT2D eigenvalue weighted by Gasteiger charge is -1.96. The van der Waals surface area contributed by atoms with Crippen LogP contribution in [0, 0.1) is 3.57 Å². The van der Waals surface area contributed by atoms with Crippen LogP contribution in [0.5, 0.6) is 5.75 Å². The van der Waals surface area contributed by atoms with E-state index in [0.717, 1.165) is 18.7 Å². The molecule has 2 rings (SSSR count). The number of nitrogens with two attached hydrogens (primary N) is 1. The fraction of sp³-hybridized carbons (Fsp3) is 0. The Kier molecular flexibility index (Phi) is 1.88. The van der Waals surface area contributed by atoms with Crippen LogP contribution in [0.2, 0.25) is 0 Å². The first-order valence-electron chi connectivity index (χ1n) is 3.35. The van der Waals surface area contributed by atoms with Crippen molar-refractivity contribution in [2.24, 2.45) is 0 Å². The summed E-state index contributed by atoms with van der Waals surface area (Å²) in [7, 11) is 0. The Morgan fingerprint density at radius 1 is 1.42 bits per heavy atom. The summed E-state index contributed by atoms with van der Waals surface area (Å²) < 4.78 is 1.89. The molecule has 0 aliphatic rings. The van der Waals surface area contributed by atoms with E-state index in [1.807, 2.05) is 12.1 Å². The van der Waals surface area contributed by atoms with Crippen LogP contribution in [0.3, 0.4) is 0 Å². The first kappa shape index (κ1) is 8.12. The highest BCUT2D eigenvalue weighted by Gasteiger charge is 2.06. The molecule has 1 aromatic carbocycles. The van der Waals surface area contributed by atoms with Crippen molar-refractivity contribution in [3.8, 4) is 5.75 Å². The Labute approximate surface area is 87.1 Å². The molecule has 3 N–H and O–H groups in total. The number of fused-ring (bicyclic) bond motifs is 1. The summed E-state index contributed by atoms with van der Waals surface area (Å²) >= 11 is 3.58. The van der Waals surface area contributed by atoms with Crippen LogP contribution < -0.4 is 5.73 Å². The van der Waals surface area contributed by atoms with Gasteiger partial charge in [0.2, 0.25) is 0 Å². The smallest absolute Gasteiger partial charge is 0.137 e. The largest absolute Gasteiger partial charge is 0.506 e. The Balaban J connectivity index is 2.89. The molecule has 4 heteroatoms. The molecule has 0 unspecified atom stereocenters. The van der Waals surface area contributed by atoms with E-state index in [9.17, 15) is 5.11 Å². The molecule has 0 atom stereocenters. The standard InChI is InChI=1S/C8H6INOS/c9-5-1-2-6-4(8(5)11)3-7(10)12-6/h1-3,11H,10H2. The predicted molar refractivity (Wildman–Crippen MR) is 60.6 cm³/mol. The molecule has 62 valence electrons. The lowest BCUT2D eigenvalue weighted by molar-refractivity contribution is 0.478. The van der Waals surface area contributed by atoms with Gasteiger partial charge in [0.05, 0.1) is 8.57 Å². The number of halogens is 1. The minimum atomic E-state index is 0.334. The number of phenols is 1. The summed E-state index contributed by atoms with van der Waals surface area (Å²) in [4.78, 5) is 0. The topological polar surface area (TPSA) is 46.2 Å². The van der Waals surface area contributed by atoms with Crippen molar-refractivity contribution in [2.75, 3.05) is 5.73 Å². The lowest BCUT2D eigenvalue weighted by Crippen LogP contribution is -1.74. The number of hydrogen-bond acceptors (Lipinski definition) is 3. The summed E-state index contributed by atoms with van der Waals surface area (Å²) in [6, 6.07) is 5.66. The highest BCUT2D eigenvalue weighted by Crippen LogP contribution is 2.36. The van der Waals surface area contributed by atoms with Crippen LogP contribution in [0.25, 0.3) is 10.1 Å². The zero-order valence-corrected chi connectivity index (χ0v) is 9.02. The van der Waals surface area contributed by atoms with Gasteiger partial charge in [-0.05, 0) is 40.8 Å². The summed E-state index contributed by atoms with van der Waals surface area (Å²) in [5.74, 6) is 0.334. The molecule has 1 heterocycles. The third-order valence-electron chi connectivity index (χ3n) is 1.64. The molecule has 0 bridgehead atoms.